The third-order valence-corrected chi connectivity index (χ3v) is 5.78. The predicted molar refractivity (Wildman–Crippen MR) is 142 cm³/mol. The van der Waals surface area contributed by atoms with Gasteiger partial charge in [-0.25, -0.2) is 5.43 Å². The first-order valence-corrected chi connectivity index (χ1v) is 11.7. The van der Waals surface area contributed by atoms with E-state index < -0.39 is 11.8 Å². The van der Waals surface area contributed by atoms with E-state index in [1.165, 1.54) is 19.4 Å². The number of amides is 3. The van der Waals surface area contributed by atoms with Crippen LogP contribution in [0.15, 0.2) is 70.2 Å². The second kappa shape index (κ2) is 12.7. The Morgan fingerprint density at radius 2 is 1.75 bits per heavy atom. The summed E-state index contributed by atoms with van der Waals surface area (Å²) in [6.07, 6.45) is 1.33. The first kappa shape index (κ1) is 26.7. The molecule has 0 radical (unpaired) electrons. The maximum absolute atomic E-state index is 12.3. The van der Waals surface area contributed by atoms with E-state index in [1.807, 2.05) is 19.1 Å². The van der Waals surface area contributed by atoms with Crippen LogP contribution in [-0.2, 0) is 14.4 Å². The van der Waals surface area contributed by atoms with E-state index in [9.17, 15) is 14.4 Å². The molecule has 0 unspecified atom stereocenters. The maximum Gasteiger partial charge on any atom is 0.329 e. The molecular formula is C25H22BrClN4O5. The molecule has 3 aromatic rings. The van der Waals surface area contributed by atoms with Gasteiger partial charge in [0.05, 0.1) is 13.3 Å². The summed E-state index contributed by atoms with van der Waals surface area (Å²) in [5.41, 5.74) is 4.74. The highest BCUT2D eigenvalue weighted by Crippen LogP contribution is 2.27. The molecule has 0 saturated heterocycles. The van der Waals surface area contributed by atoms with Gasteiger partial charge in [0.1, 0.15) is 0 Å². The number of methoxy groups -OCH3 is 1. The largest absolute Gasteiger partial charge is 0.493 e. The second-order valence-electron chi connectivity index (χ2n) is 7.37. The Morgan fingerprint density at radius 1 is 0.972 bits per heavy atom. The van der Waals surface area contributed by atoms with Crippen LogP contribution >= 0.6 is 27.5 Å². The Kier molecular flexibility index (Phi) is 9.43. The SMILES string of the molecule is COc1cc(/C=N\NC(=O)C(=O)Nc2cccc(Cl)c2)ccc1OCC(=O)Nc1ccc(Br)c(C)c1. The van der Waals surface area contributed by atoms with Gasteiger partial charge >= 0.3 is 11.8 Å². The summed E-state index contributed by atoms with van der Waals surface area (Å²) < 4.78 is 11.9. The number of carbonyl (C=O) groups is 3. The van der Waals surface area contributed by atoms with Crippen molar-refractivity contribution in [3.63, 3.8) is 0 Å². The highest BCUT2D eigenvalue weighted by Gasteiger charge is 2.13. The van der Waals surface area contributed by atoms with Crippen LogP contribution in [0.4, 0.5) is 11.4 Å². The second-order valence-corrected chi connectivity index (χ2v) is 8.67. The number of hydrogen-bond acceptors (Lipinski definition) is 6. The van der Waals surface area contributed by atoms with Crippen molar-refractivity contribution in [3.05, 3.63) is 81.3 Å². The molecule has 3 N–H and O–H groups in total. The lowest BCUT2D eigenvalue weighted by atomic mass is 10.2. The fourth-order valence-corrected chi connectivity index (χ4v) is 3.35. The molecule has 0 aliphatic rings. The topological polar surface area (TPSA) is 118 Å². The van der Waals surface area contributed by atoms with Crippen molar-refractivity contribution in [1.29, 1.82) is 0 Å². The predicted octanol–water partition coefficient (Wildman–Crippen LogP) is 4.53. The van der Waals surface area contributed by atoms with Crippen LogP contribution in [-0.4, -0.2) is 37.7 Å². The molecule has 3 aromatic carbocycles. The first-order chi connectivity index (χ1) is 17.2. The zero-order valence-corrected chi connectivity index (χ0v) is 21.6. The van der Waals surface area contributed by atoms with Crippen LogP contribution in [0.5, 0.6) is 11.5 Å². The van der Waals surface area contributed by atoms with Crippen LogP contribution in [0.25, 0.3) is 0 Å². The van der Waals surface area contributed by atoms with E-state index in [4.69, 9.17) is 21.1 Å². The third kappa shape index (κ3) is 7.82. The van der Waals surface area contributed by atoms with E-state index in [1.54, 1.807) is 42.5 Å². The molecule has 36 heavy (non-hydrogen) atoms. The summed E-state index contributed by atoms with van der Waals surface area (Å²) in [7, 11) is 1.45. The molecule has 0 saturated carbocycles. The summed E-state index contributed by atoms with van der Waals surface area (Å²) in [6.45, 7) is 1.70. The van der Waals surface area contributed by atoms with Gasteiger partial charge in [-0.3, -0.25) is 14.4 Å². The van der Waals surface area contributed by atoms with Crippen molar-refractivity contribution in [2.45, 2.75) is 6.92 Å². The van der Waals surface area contributed by atoms with Crippen molar-refractivity contribution in [2.24, 2.45) is 5.10 Å². The number of carbonyl (C=O) groups excluding carboxylic acids is 3. The van der Waals surface area contributed by atoms with E-state index in [0.29, 0.717) is 33.5 Å². The molecule has 0 fully saturated rings. The zero-order chi connectivity index (χ0) is 26.1. The lowest BCUT2D eigenvalue weighted by Crippen LogP contribution is -2.32. The highest BCUT2D eigenvalue weighted by atomic mass is 79.9. The minimum absolute atomic E-state index is 0.225. The minimum atomic E-state index is -0.954. The third-order valence-electron chi connectivity index (χ3n) is 4.66. The van der Waals surface area contributed by atoms with Crippen LogP contribution in [0.3, 0.4) is 0 Å². The van der Waals surface area contributed by atoms with Crippen molar-refractivity contribution < 1.29 is 23.9 Å². The smallest absolute Gasteiger partial charge is 0.329 e. The lowest BCUT2D eigenvalue weighted by molar-refractivity contribution is -0.136. The van der Waals surface area contributed by atoms with Gasteiger partial charge in [-0.05, 0) is 72.6 Å². The number of anilines is 2. The lowest BCUT2D eigenvalue weighted by Gasteiger charge is -2.12. The average molecular weight is 574 g/mol. The molecular weight excluding hydrogens is 552 g/mol. The molecule has 11 heteroatoms. The summed E-state index contributed by atoms with van der Waals surface area (Å²) >= 11 is 9.28. The quantitative estimate of drug-likeness (QED) is 0.208. The fourth-order valence-electron chi connectivity index (χ4n) is 2.92. The molecule has 0 atom stereocenters. The molecule has 0 heterocycles. The van der Waals surface area contributed by atoms with Gasteiger partial charge in [0, 0.05) is 20.9 Å². The van der Waals surface area contributed by atoms with Crippen LogP contribution in [0.1, 0.15) is 11.1 Å². The monoisotopic (exact) mass is 572 g/mol. The van der Waals surface area contributed by atoms with Gasteiger partial charge < -0.3 is 20.1 Å². The minimum Gasteiger partial charge on any atom is -0.493 e. The van der Waals surface area contributed by atoms with E-state index in [2.05, 4.69) is 37.1 Å². The van der Waals surface area contributed by atoms with E-state index in [-0.39, 0.29) is 12.5 Å². The zero-order valence-electron chi connectivity index (χ0n) is 19.3. The first-order valence-electron chi connectivity index (χ1n) is 10.5. The standard InChI is InChI=1S/C25H22BrClN4O5/c1-15-10-19(7-8-20(15)26)29-23(32)14-36-21-9-6-16(11-22(21)35-2)13-28-31-25(34)24(33)30-18-5-3-4-17(27)12-18/h3-13H,14H2,1-2H3,(H,29,32)(H,30,33)(H,31,34)/b28-13-. The number of hydrazone groups is 1. The van der Waals surface area contributed by atoms with Gasteiger partial charge in [0.2, 0.25) is 0 Å². The molecule has 0 bridgehead atoms. The number of halogens is 2. The Hall–Kier alpha value is -3.89. The Morgan fingerprint density at radius 3 is 2.47 bits per heavy atom. The van der Waals surface area contributed by atoms with Crippen molar-refractivity contribution >= 4 is 62.8 Å². The number of hydrogen-bond donors (Lipinski definition) is 3. The van der Waals surface area contributed by atoms with Crippen LogP contribution in [0.2, 0.25) is 5.02 Å². The Labute approximate surface area is 220 Å². The normalized spacial score (nSPS) is 10.6. The maximum atomic E-state index is 12.3. The molecule has 0 aliphatic heterocycles. The molecule has 0 aromatic heterocycles. The van der Waals surface area contributed by atoms with Gasteiger partial charge in [0.15, 0.2) is 18.1 Å². The van der Waals surface area contributed by atoms with Crippen molar-refractivity contribution in [3.8, 4) is 11.5 Å². The fraction of sp³-hybridized carbons (Fsp3) is 0.120. The molecule has 3 amide bonds. The molecule has 9 nitrogen and oxygen atoms in total. The van der Waals surface area contributed by atoms with E-state index >= 15 is 0 Å². The van der Waals surface area contributed by atoms with Crippen LogP contribution < -0.4 is 25.5 Å². The van der Waals surface area contributed by atoms with Gasteiger partial charge in [-0.15, -0.1) is 0 Å². The molecule has 0 spiro atoms. The summed E-state index contributed by atoms with van der Waals surface area (Å²) in [4.78, 5) is 36.2. The highest BCUT2D eigenvalue weighted by molar-refractivity contribution is 9.10. The summed E-state index contributed by atoms with van der Waals surface area (Å²) in [5.74, 6) is -1.47. The average Bonchev–Trinajstić information content (AvgIpc) is 2.85. The van der Waals surface area contributed by atoms with Gasteiger partial charge in [0.25, 0.3) is 5.91 Å². The molecule has 3 rings (SSSR count). The number of aryl methyl sites for hydroxylation is 1. The Balaban J connectivity index is 1.53. The van der Waals surface area contributed by atoms with Crippen LogP contribution in [0, 0.1) is 6.92 Å². The van der Waals surface area contributed by atoms with Crippen molar-refractivity contribution in [1.82, 2.24) is 5.43 Å². The van der Waals surface area contributed by atoms with Crippen molar-refractivity contribution in [2.75, 3.05) is 24.4 Å². The number of rotatable bonds is 8. The van der Waals surface area contributed by atoms with Gasteiger partial charge in [-0.2, -0.15) is 5.10 Å². The summed E-state index contributed by atoms with van der Waals surface area (Å²) in [6, 6.07) is 16.7. The number of nitrogens with zero attached hydrogens (tertiary/aromatic N) is 1. The number of ether oxygens (including phenoxy) is 2. The molecule has 186 valence electrons. The number of nitrogens with one attached hydrogen (secondary N) is 3. The number of benzene rings is 3. The Bertz CT molecular complexity index is 1320. The molecule has 0 aliphatic carbocycles. The summed E-state index contributed by atoms with van der Waals surface area (Å²) in [5, 5.41) is 9.40. The van der Waals surface area contributed by atoms with E-state index in [0.717, 1.165) is 10.0 Å². The van der Waals surface area contributed by atoms with Gasteiger partial charge in [-0.1, -0.05) is 33.6 Å².